The maximum absolute atomic E-state index is 5.27. The van der Waals surface area contributed by atoms with E-state index in [4.69, 9.17) is 4.42 Å². The Labute approximate surface area is 60.6 Å². The van der Waals surface area contributed by atoms with Gasteiger partial charge in [-0.3, -0.25) is 0 Å². The van der Waals surface area contributed by atoms with E-state index in [0.29, 0.717) is 5.89 Å². The lowest BCUT2D eigenvalue weighted by molar-refractivity contribution is 0.509. The highest BCUT2D eigenvalue weighted by atomic mass is 16.4. The van der Waals surface area contributed by atoms with Gasteiger partial charge in [-0.25, -0.2) is 4.98 Å². The van der Waals surface area contributed by atoms with Crippen molar-refractivity contribution in [1.82, 2.24) is 4.98 Å². The van der Waals surface area contributed by atoms with Gasteiger partial charge in [0.15, 0.2) is 11.7 Å². The Morgan fingerprint density at radius 1 is 1.50 bits per heavy atom. The molecule has 0 N–H and O–H groups in total. The molecule has 0 aromatic carbocycles. The molecule has 0 atom stereocenters. The molecule has 0 saturated heterocycles. The van der Waals surface area contributed by atoms with Crippen LogP contribution >= 0.6 is 0 Å². The third-order valence-electron chi connectivity index (χ3n) is 1.29. The van der Waals surface area contributed by atoms with Crippen LogP contribution in [0.25, 0.3) is 5.57 Å². The highest BCUT2D eigenvalue weighted by molar-refractivity contribution is 5.57. The predicted molar refractivity (Wildman–Crippen MR) is 40.7 cm³/mol. The average Bonchev–Trinajstić information content (AvgIpc) is 2.10. The quantitative estimate of drug-likeness (QED) is 0.593. The van der Waals surface area contributed by atoms with E-state index in [1.165, 1.54) is 0 Å². The highest BCUT2D eigenvalue weighted by Gasteiger charge is 2.05. The number of allylic oxidation sites excluding steroid dienone is 1. The molecule has 0 unspecified atom stereocenters. The fraction of sp³-hybridized carbons (Fsp3) is 0.375. The molecule has 1 rings (SSSR count). The maximum atomic E-state index is 5.27. The molecule has 2 heteroatoms. The summed E-state index contributed by atoms with van der Waals surface area (Å²) in [4.78, 5) is 4.10. The fourth-order valence-electron chi connectivity index (χ4n) is 0.927. The van der Waals surface area contributed by atoms with Crippen molar-refractivity contribution in [2.45, 2.75) is 20.8 Å². The molecule has 0 aliphatic rings. The number of rotatable bonds is 1. The Morgan fingerprint density at radius 3 is 2.30 bits per heavy atom. The zero-order valence-electron chi connectivity index (χ0n) is 6.56. The molecule has 0 fully saturated rings. The van der Waals surface area contributed by atoms with Gasteiger partial charge in [-0.1, -0.05) is 6.58 Å². The van der Waals surface area contributed by atoms with Crippen LogP contribution in [0.2, 0.25) is 0 Å². The number of hydrogen-bond acceptors (Lipinski definition) is 2. The van der Waals surface area contributed by atoms with Crippen LogP contribution in [0.5, 0.6) is 0 Å². The van der Waals surface area contributed by atoms with Gasteiger partial charge >= 0.3 is 0 Å². The molecule has 0 amide bonds. The summed E-state index contributed by atoms with van der Waals surface area (Å²) in [6.07, 6.45) is 0. The third-order valence-corrected chi connectivity index (χ3v) is 1.29. The van der Waals surface area contributed by atoms with Gasteiger partial charge in [-0.15, -0.1) is 0 Å². The molecule has 10 heavy (non-hydrogen) atoms. The maximum Gasteiger partial charge on any atom is 0.192 e. The Kier molecular flexibility index (Phi) is 1.62. The van der Waals surface area contributed by atoms with E-state index in [-0.39, 0.29) is 0 Å². The van der Waals surface area contributed by atoms with Crippen LogP contribution in [0.1, 0.15) is 24.3 Å². The van der Waals surface area contributed by atoms with Gasteiger partial charge in [0.1, 0.15) is 0 Å². The van der Waals surface area contributed by atoms with E-state index in [0.717, 1.165) is 17.0 Å². The zero-order chi connectivity index (χ0) is 7.72. The van der Waals surface area contributed by atoms with Gasteiger partial charge in [-0.2, -0.15) is 0 Å². The van der Waals surface area contributed by atoms with Crippen LogP contribution in [-0.4, -0.2) is 4.98 Å². The van der Waals surface area contributed by atoms with Crippen molar-refractivity contribution in [2.75, 3.05) is 0 Å². The molecule has 1 aromatic heterocycles. The van der Waals surface area contributed by atoms with Gasteiger partial charge in [0, 0.05) is 6.92 Å². The van der Waals surface area contributed by atoms with Crippen LogP contribution in [-0.2, 0) is 0 Å². The summed E-state index contributed by atoms with van der Waals surface area (Å²) in [6, 6.07) is 0. The van der Waals surface area contributed by atoms with Gasteiger partial charge in [0.25, 0.3) is 0 Å². The minimum Gasteiger partial charge on any atom is -0.441 e. The monoisotopic (exact) mass is 137 g/mol. The van der Waals surface area contributed by atoms with Crippen molar-refractivity contribution >= 4 is 5.57 Å². The molecule has 0 aliphatic heterocycles. The largest absolute Gasteiger partial charge is 0.441 e. The van der Waals surface area contributed by atoms with Gasteiger partial charge in [-0.05, 0) is 19.4 Å². The van der Waals surface area contributed by atoms with Gasteiger partial charge < -0.3 is 4.42 Å². The van der Waals surface area contributed by atoms with Crippen molar-refractivity contribution in [2.24, 2.45) is 0 Å². The molecule has 0 radical (unpaired) electrons. The minimum absolute atomic E-state index is 0.704. The number of aryl methyl sites for hydroxylation is 2. The summed E-state index contributed by atoms with van der Waals surface area (Å²) in [5.41, 5.74) is 1.85. The van der Waals surface area contributed by atoms with E-state index in [1.807, 2.05) is 20.8 Å². The normalized spacial score (nSPS) is 9.90. The molecule has 0 bridgehead atoms. The first-order valence-electron chi connectivity index (χ1n) is 3.21. The van der Waals surface area contributed by atoms with E-state index < -0.39 is 0 Å². The number of hydrogen-bond donors (Lipinski definition) is 0. The number of oxazole rings is 1. The Bertz CT molecular complexity index is 260. The molecule has 1 heterocycles. The van der Waals surface area contributed by atoms with Crippen LogP contribution in [0.15, 0.2) is 11.0 Å². The van der Waals surface area contributed by atoms with E-state index in [9.17, 15) is 0 Å². The van der Waals surface area contributed by atoms with Crippen LogP contribution in [0.3, 0.4) is 0 Å². The number of nitrogens with zero attached hydrogens (tertiary/aromatic N) is 1. The summed E-state index contributed by atoms with van der Waals surface area (Å²) in [5, 5.41) is 0. The summed E-state index contributed by atoms with van der Waals surface area (Å²) < 4.78 is 5.27. The molecule has 54 valence electrons. The van der Waals surface area contributed by atoms with Gasteiger partial charge in [0.2, 0.25) is 0 Å². The van der Waals surface area contributed by atoms with Crippen LogP contribution < -0.4 is 0 Å². The number of aromatic nitrogens is 1. The Hall–Kier alpha value is -1.05. The first kappa shape index (κ1) is 7.06. The lowest BCUT2D eigenvalue weighted by Crippen LogP contribution is -1.77. The van der Waals surface area contributed by atoms with E-state index in [1.54, 1.807) is 0 Å². The molecule has 0 spiro atoms. The second kappa shape index (κ2) is 2.29. The predicted octanol–water partition coefficient (Wildman–Crippen LogP) is 2.32. The summed E-state index contributed by atoms with van der Waals surface area (Å²) in [7, 11) is 0. The lowest BCUT2D eigenvalue weighted by Gasteiger charge is -1.90. The molecule has 0 saturated carbocycles. The standard InChI is InChI=1S/C8H11NO/c1-5(2)8-6(3)9-7(4)10-8/h1H2,2-4H3. The summed E-state index contributed by atoms with van der Waals surface area (Å²) >= 11 is 0. The summed E-state index contributed by atoms with van der Waals surface area (Å²) in [5.74, 6) is 1.52. The first-order valence-corrected chi connectivity index (χ1v) is 3.21. The van der Waals surface area contributed by atoms with Crippen LogP contribution in [0, 0.1) is 13.8 Å². The Balaban J connectivity index is 3.15. The van der Waals surface area contributed by atoms with Crippen molar-refractivity contribution in [3.8, 4) is 0 Å². The van der Waals surface area contributed by atoms with E-state index in [2.05, 4.69) is 11.6 Å². The summed E-state index contributed by atoms with van der Waals surface area (Å²) in [6.45, 7) is 9.43. The molecule has 0 aliphatic carbocycles. The molecular weight excluding hydrogens is 126 g/mol. The second-order valence-electron chi connectivity index (χ2n) is 2.43. The fourth-order valence-corrected chi connectivity index (χ4v) is 0.927. The third kappa shape index (κ3) is 1.10. The van der Waals surface area contributed by atoms with Crippen molar-refractivity contribution in [1.29, 1.82) is 0 Å². The average molecular weight is 137 g/mol. The minimum atomic E-state index is 0.704. The molecule has 1 aromatic rings. The Morgan fingerprint density at radius 2 is 2.10 bits per heavy atom. The van der Waals surface area contributed by atoms with Crippen molar-refractivity contribution < 1.29 is 4.42 Å². The second-order valence-corrected chi connectivity index (χ2v) is 2.43. The first-order chi connectivity index (χ1) is 4.61. The zero-order valence-corrected chi connectivity index (χ0v) is 6.56. The van der Waals surface area contributed by atoms with Crippen molar-refractivity contribution in [3.05, 3.63) is 23.9 Å². The van der Waals surface area contributed by atoms with E-state index >= 15 is 0 Å². The van der Waals surface area contributed by atoms with Crippen molar-refractivity contribution in [3.63, 3.8) is 0 Å². The molecule has 2 nitrogen and oxygen atoms in total. The smallest absolute Gasteiger partial charge is 0.192 e. The SMILES string of the molecule is C=C(C)c1oc(C)nc1C. The van der Waals surface area contributed by atoms with Gasteiger partial charge in [0.05, 0.1) is 5.69 Å². The highest BCUT2D eigenvalue weighted by Crippen LogP contribution is 2.16. The molecular formula is C8H11NO. The topological polar surface area (TPSA) is 26.0 Å². The lowest BCUT2D eigenvalue weighted by atomic mass is 10.2. The van der Waals surface area contributed by atoms with Crippen LogP contribution in [0.4, 0.5) is 0 Å².